The number of aromatic nitrogens is 1. The summed E-state index contributed by atoms with van der Waals surface area (Å²) in [6, 6.07) is 19.9. The summed E-state index contributed by atoms with van der Waals surface area (Å²) in [6.07, 6.45) is 0. The van der Waals surface area contributed by atoms with Gasteiger partial charge in [-0.25, -0.2) is 4.98 Å². The number of para-hydroxylation sites is 1. The van der Waals surface area contributed by atoms with Gasteiger partial charge in [0.05, 0.1) is 26.0 Å². The van der Waals surface area contributed by atoms with Gasteiger partial charge in [-0.05, 0) is 42.5 Å². The molecule has 0 bridgehead atoms. The number of rotatable bonds is 4. The number of carbonyl (C=O) groups is 2. The molecule has 0 atom stereocenters. The molecule has 0 aliphatic heterocycles. The van der Waals surface area contributed by atoms with E-state index in [0.29, 0.717) is 26.8 Å². The third-order valence-corrected chi connectivity index (χ3v) is 5.81. The standard InChI is InChI=1S/C23H18ClN3O2S/c1-27(2)23(29)14-6-5-7-15(12-14)25-22(28)17-13-19(20-10-11-21(24)30-20)26-18-9-4-3-8-16(17)18/h3-13H,1-2H3,(H,25,28). The Kier molecular flexibility index (Phi) is 5.53. The van der Waals surface area contributed by atoms with Crippen LogP contribution in [-0.2, 0) is 0 Å². The van der Waals surface area contributed by atoms with Gasteiger partial charge < -0.3 is 10.2 Å². The Morgan fingerprint density at radius 1 is 1.00 bits per heavy atom. The summed E-state index contributed by atoms with van der Waals surface area (Å²) >= 11 is 7.49. The third kappa shape index (κ3) is 4.06. The van der Waals surface area contributed by atoms with Crippen LogP contribution in [0.3, 0.4) is 0 Å². The molecule has 0 spiro atoms. The van der Waals surface area contributed by atoms with Crippen molar-refractivity contribution in [3.05, 3.63) is 82.2 Å². The molecule has 2 aromatic heterocycles. The number of fused-ring (bicyclic) bond motifs is 1. The third-order valence-electron chi connectivity index (χ3n) is 4.56. The molecule has 30 heavy (non-hydrogen) atoms. The van der Waals surface area contributed by atoms with Crippen LogP contribution >= 0.6 is 22.9 Å². The van der Waals surface area contributed by atoms with Crippen molar-refractivity contribution >= 4 is 51.3 Å². The zero-order valence-corrected chi connectivity index (χ0v) is 17.9. The summed E-state index contributed by atoms with van der Waals surface area (Å²) in [5.74, 6) is -0.399. The number of carbonyl (C=O) groups excluding carboxylic acids is 2. The predicted octanol–water partition coefficient (Wildman–Crippen LogP) is 5.57. The molecule has 5 nitrogen and oxygen atoms in total. The van der Waals surface area contributed by atoms with Gasteiger partial charge in [0.25, 0.3) is 11.8 Å². The number of thiophene rings is 1. The number of benzene rings is 2. The second-order valence-electron chi connectivity index (χ2n) is 6.91. The van der Waals surface area contributed by atoms with Crippen LogP contribution in [0.25, 0.3) is 21.5 Å². The van der Waals surface area contributed by atoms with Crippen LogP contribution in [0.1, 0.15) is 20.7 Å². The van der Waals surface area contributed by atoms with Gasteiger partial charge in [0.15, 0.2) is 0 Å². The minimum atomic E-state index is -0.271. The monoisotopic (exact) mass is 435 g/mol. The zero-order chi connectivity index (χ0) is 21.3. The lowest BCUT2D eigenvalue weighted by Gasteiger charge is -2.13. The highest BCUT2D eigenvalue weighted by molar-refractivity contribution is 7.19. The highest BCUT2D eigenvalue weighted by atomic mass is 35.5. The van der Waals surface area contributed by atoms with Gasteiger partial charge in [-0.15, -0.1) is 11.3 Å². The summed E-state index contributed by atoms with van der Waals surface area (Å²) < 4.78 is 0.660. The minimum absolute atomic E-state index is 0.127. The summed E-state index contributed by atoms with van der Waals surface area (Å²) in [5.41, 5.74) is 2.97. The Bertz CT molecular complexity index is 1270. The lowest BCUT2D eigenvalue weighted by atomic mass is 10.1. The Morgan fingerprint density at radius 3 is 2.53 bits per heavy atom. The van der Waals surface area contributed by atoms with Crippen LogP contribution in [-0.4, -0.2) is 35.8 Å². The molecular formula is C23H18ClN3O2S. The highest BCUT2D eigenvalue weighted by Gasteiger charge is 2.16. The van der Waals surface area contributed by atoms with Crippen molar-refractivity contribution in [3.63, 3.8) is 0 Å². The maximum absolute atomic E-state index is 13.2. The number of hydrogen-bond acceptors (Lipinski definition) is 4. The fraction of sp³-hybridized carbons (Fsp3) is 0.0870. The smallest absolute Gasteiger partial charge is 0.256 e. The van der Waals surface area contributed by atoms with Crippen molar-refractivity contribution in [1.82, 2.24) is 9.88 Å². The largest absolute Gasteiger partial charge is 0.345 e. The quantitative estimate of drug-likeness (QED) is 0.455. The van der Waals surface area contributed by atoms with E-state index < -0.39 is 0 Å². The van der Waals surface area contributed by atoms with E-state index in [1.807, 2.05) is 36.4 Å². The van der Waals surface area contributed by atoms with Gasteiger partial charge in [-0.2, -0.15) is 0 Å². The number of pyridine rings is 1. The van der Waals surface area contributed by atoms with Crippen molar-refractivity contribution in [2.75, 3.05) is 19.4 Å². The van der Waals surface area contributed by atoms with Crippen molar-refractivity contribution in [2.24, 2.45) is 0 Å². The normalized spacial score (nSPS) is 10.8. The number of nitrogens with zero attached hydrogens (tertiary/aromatic N) is 2. The molecule has 0 radical (unpaired) electrons. The summed E-state index contributed by atoms with van der Waals surface area (Å²) in [5, 5.41) is 3.66. The average molecular weight is 436 g/mol. The van der Waals surface area contributed by atoms with E-state index in [9.17, 15) is 9.59 Å². The predicted molar refractivity (Wildman–Crippen MR) is 122 cm³/mol. The molecule has 150 valence electrons. The molecule has 4 rings (SSSR count). The molecule has 1 N–H and O–H groups in total. The number of hydrogen-bond donors (Lipinski definition) is 1. The fourth-order valence-corrected chi connectivity index (χ4v) is 4.13. The molecular weight excluding hydrogens is 418 g/mol. The second kappa shape index (κ2) is 8.26. The Hall–Kier alpha value is -3.22. The Balaban J connectivity index is 1.73. The molecule has 2 aromatic carbocycles. The molecule has 2 amide bonds. The van der Waals surface area contributed by atoms with Crippen molar-refractivity contribution in [3.8, 4) is 10.6 Å². The van der Waals surface area contributed by atoms with Gasteiger partial charge in [-0.3, -0.25) is 9.59 Å². The summed E-state index contributed by atoms with van der Waals surface area (Å²) in [7, 11) is 3.38. The molecule has 0 aliphatic rings. The second-order valence-corrected chi connectivity index (χ2v) is 8.63. The topological polar surface area (TPSA) is 62.3 Å². The van der Waals surface area contributed by atoms with E-state index in [4.69, 9.17) is 11.6 Å². The molecule has 0 saturated heterocycles. The van der Waals surface area contributed by atoms with Crippen LogP contribution < -0.4 is 5.32 Å². The number of nitrogens with one attached hydrogen (secondary N) is 1. The maximum Gasteiger partial charge on any atom is 0.256 e. The van der Waals surface area contributed by atoms with Crippen molar-refractivity contribution in [2.45, 2.75) is 0 Å². The van der Waals surface area contributed by atoms with Crippen molar-refractivity contribution < 1.29 is 9.59 Å². The Labute approximate surface area is 182 Å². The van der Waals surface area contributed by atoms with E-state index in [-0.39, 0.29) is 11.8 Å². The number of anilines is 1. The van der Waals surface area contributed by atoms with E-state index in [1.54, 1.807) is 44.4 Å². The maximum atomic E-state index is 13.2. The van der Waals surface area contributed by atoms with Gasteiger partial charge in [0.2, 0.25) is 0 Å². The fourth-order valence-electron chi connectivity index (χ4n) is 3.13. The van der Waals surface area contributed by atoms with E-state index in [0.717, 1.165) is 15.8 Å². The molecule has 0 saturated carbocycles. The first-order valence-corrected chi connectivity index (χ1v) is 10.4. The lowest BCUT2D eigenvalue weighted by molar-refractivity contribution is 0.0827. The average Bonchev–Trinajstić information content (AvgIpc) is 3.18. The zero-order valence-electron chi connectivity index (χ0n) is 16.3. The van der Waals surface area contributed by atoms with Gasteiger partial charge in [0, 0.05) is 30.7 Å². The minimum Gasteiger partial charge on any atom is -0.345 e. The highest BCUT2D eigenvalue weighted by Crippen LogP contribution is 2.32. The molecule has 2 heterocycles. The SMILES string of the molecule is CN(C)C(=O)c1cccc(NC(=O)c2cc(-c3ccc(Cl)s3)nc3ccccc23)c1. The summed E-state index contributed by atoms with van der Waals surface area (Å²) in [4.78, 5) is 32.5. The molecule has 0 aliphatic carbocycles. The van der Waals surface area contributed by atoms with Crippen molar-refractivity contribution in [1.29, 1.82) is 0 Å². The molecule has 0 fully saturated rings. The molecule has 4 aromatic rings. The van der Waals surface area contributed by atoms with Gasteiger partial charge in [0.1, 0.15) is 0 Å². The van der Waals surface area contributed by atoms with Crippen LogP contribution in [0.15, 0.2) is 66.7 Å². The molecule has 7 heteroatoms. The molecule has 0 unspecified atom stereocenters. The number of halogens is 1. The van der Waals surface area contributed by atoms with Gasteiger partial charge in [-0.1, -0.05) is 35.9 Å². The van der Waals surface area contributed by atoms with Crippen LogP contribution in [0.2, 0.25) is 4.34 Å². The van der Waals surface area contributed by atoms with Gasteiger partial charge >= 0.3 is 0 Å². The van der Waals surface area contributed by atoms with Crippen LogP contribution in [0.5, 0.6) is 0 Å². The van der Waals surface area contributed by atoms with Crippen LogP contribution in [0, 0.1) is 0 Å². The van der Waals surface area contributed by atoms with E-state index in [2.05, 4.69) is 10.3 Å². The summed E-state index contributed by atoms with van der Waals surface area (Å²) in [6.45, 7) is 0. The Morgan fingerprint density at radius 2 is 1.80 bits per heavy atom. The van der Waals surface area contributed by atoms with E-state index >= 15 is 0 Å². The number of amides is 2. The lowest BCUT2D eigenvalue weighted by Crippen LogP contribution is -2.22. The van der Waals surface area contributed by atoms with Crippen LogP contribution in [0.4, 0.5) is 5.69 Å². The van der Waals surface area contributed by atoms with E-state index in [1.165, 1.54) is 16.2 Å². The first-order valence-electron chi connectivity index (χ1n) is 9.21. The first kappa shape index (κ1) is 20.1. The first-order chi connectivity index (χ1) is 14.4.